The number of carbonyl (C=O) groups excluding carboxylic acids is 1. The molecule has 0 spiro atoms. The Bertz CT molecular complexity index is 861. The summed E-state index contributed by atoms with van der Waals surface area (Å²) in [6.07, 6.45) is 6.22. The number of amides is 1. The van der Waals surface area contributed by atoms with Crippen molar-refractivity contribution < 1.29 is 9.21 Å². The molecular formula is C20H24N6O2. The number of hydrogen-bond acceptors (Lipinski definition) is 6. The lowest BCUT2D eigenvalue weighted by atomic mass is 9.97. The minimum absolute atomic E-state index is 0.0199. The largest absolute Gasteiger partial charge is 0.464 e. The van der Waals surface area contributed by atoms with E-state index in [9.17, 15) is 4.79 Å². The SMILES string of the molecule is O=C(Nc1ccc(-c2ccco2)cc1)[C@H]1CCCN(CCCn2cnnn2)C1. The molecule has 0 unspecified atom stereocenters. The Labute approximate surface area is 163 Å². The molecule has 8 heteroatoms. The summed E-state index contributed by atoms with van der Waals surface area (Å²) in [5.74, 6) is 0.935. The van der Waals surface area contributed by atoms with Crippen molar-refractivity contribution in [2.24, 2.45) is 5.92 Å². The summed E-state index contributed by atoms with van der Waals surface area (Å²) in [7, 11) is 0. The van der Waals surface area contributed by atoms with Crippen LogP contribution in [0.4, 0.5) is 5.69 Å². The quantitative estimate of drug-likeness (QED) is 0.678. The van der Waals surface area contributed by atoms with Crippen molar-refractivity contribution in [3.05, 3.63) is 49.0 Å². The van der Waals surface area contributed by atoms with Crippen molar-refractivity contribution in [1.82, 2.24) is 25.1 Å². The second-order valence-electron chi connectivity index (χ2n) is 7.11. The molecule has 1 atom stereocenters. The van der Waals surface area contributed by atoms with E-state index < -0.39 is 0 Å². The third kappa shape index (κ3) is 4.64. The topological polar surface area (TPSA) is 89.1 Å². The van der Waals surface area contributed by atoms with E-state index in [1.807, 2.05) is 36.4 Å². The van der Waals surface area contributed by atoms with Gasteiger partial charge in [0.2, 0.25) is 5.91 Å². The third-order valence-electron chi connectivity index (χ3n) is 5.09. The summed E-state index contributed by atoms with van der Waals surface area (Å²) in [6.45, 7) is 3.58. The molecule has 2 aromatic heterocycles. The number of benzene rings is 1. The maximum atomic E-state index is 12.7. The van der Waals surface area contributed by atoms with Gasteiger partial charge in [0.1, 0.15) is 12.1 Å². The Balaban J connectivity index is 1.26. The molecule has 1 aromatic carbocycles. The zero-order valence-corrected chi connectivity index (χ0v) is 15.7. The number of piperidine rings is 1. The highest BCUT2D eigenvalue weighted by molar-refractivity contribution is 5.93. The van der Waals surface area contributed by atoms with Gasteiger partial charge >= 0.3 is 0 Å². The average molecular weight is 380 g/mol. The van der Waals surface area contributed by atoms with Crippen LogP contribution in [0.25, 0.3) is 11.3 Å². The standard InChI is InChI=1S/C20H24N6O2/c27-20(22-18-8-6-16(7-9-18)19-5-2-13-28-19)17-4-1-10-25(14-17)11-3-12-26-15-21-23-24-26/h2,5-9,13,15,17H,1,3-4,10-12,14H2,(H,22,27)/t17-/m0/s1. The second-order valence-corrected chi connectivity index (χ2v) is 7.11. The molecule has 28 heavy (non-hydrogen) atoms. The van der Waals surface area contributed by atoms with Gasteiger partial charge in [0.15, 0.2) is 0 Å². The minimum Gasteiger partial charge on any atom is -0.464 e. The van der Waals surface area contributed by atoms with E-state index in [-0.39, 0.29) is 11.8 Å². The van der Waals surface area contributed by atoms with E-state index in [0.717, 1.165) is 62.5 Å². The van der Waals surface area contributed by atoms with Crippen molar-refractivity contribution >= 4 is 11.6 Å². The first kappa shape index (κ1) is 18.4. The van der Waals surface area contributed by atoms with Crippen LogP contribution in [-0.2, 0) is 11.3 Å². The molecule has 3 aromatic rings. The highest BCUT2D eigenvalue weighted by Crippen LogP contribution is 2.23. The van der Waals surface area contributed by atoms with Crippen LogP contribution in [-0.4, -0.2) is 50.6 Å². The predicted molar refractivity (Wildman–Crippen MR) is 104 cm³/mol. The number of rotatable bonds is 7. The molecule has 1 aliphatic heterocycles. The highest BCUT2D eigenvalue weighted by Gasteiger charge is 2.25. The van der Waals surface area contributed by atoms with Gasteiger partial charge < -0.3 is 14.6 Å². The molecule has 1 fully saturated rings. The van der Waals surface area contributed by atoms with E-state index >= 15 is 0 Å². The number of hydrogen-bond donors (Lipinski definition) is 1. The van der Waals surface area contributed by atoms with Crippen molar-refractivity contribution in [2.45, 2.75) is 25.8 Å². The fourth-order valence-electron chi connectivity index (χ4n) is 3.62. The first-order chi connectivity index (χ1) is 13.8. The fourth-order valence-corrected chi connectivity index (χ4v) is 3.62. The number of nitrogens with one attached hydrogen (secondary N) is 1. The van der Waals surface area contributed by atoms with Crippen LogP contribution in [0, 0.1) is 5.92 Å². The molecule has 0 bridgehead atoms. The molecular weight excluding hydrogens is 356 g/mol. The molecule has 0 radical (unpaired) electrons. The van der Waals surface area contributed by atoms with Gasteiger partial charge in [0, 0.05) is 24.3 Å². The maximum absolute atomic E-state index is 12.7. The summed E-state index contributed by atoms with van der Waals surface area (Å²) in [4.78, 5) is 15.1. The number of nitrogens with zero attached hydrogens (tertiary/aromatic N) is 5. The maximum Gasteiger partial charge on any atom is 0.228 e. The third-order valence-corrected chi connectivity index (χ3v) is 5.09. The Hall–Kier alpha value is -3.00. The summed E-state index contributed by atoms with van der Waals surface area (Å²) in [5.41, 5.74) is 1.81. The predicted octanol–water partition coefficient (Wildman–Crippen LogP) is 2.67. The monoisotopic (exact) mass is 380 g/mol. The highest BCUT2D eigenvalue weighted by atomic mass is 16.3. The lowest BCUT2D eigenvalue weighted by Crippen LogP contribution is -2.41. The van der Waals surface area contributed by atoms with Gasteiger partial charge in [0.05, 0.1) is 12.2 Å². The lowest BCUT2D eigenvalue weighted by molar-refractivity contribution is -0.121. The van der Waals surface area contributed by atoms with Crippen molar-refractivity contribution in [3.8, 4) is 11.3 Å². The Morgan fingerprint density at radius 3 is 2.86 bits per heavy atom. The Morgan fingerprint density at radius 2 is 2.11 bits per heavy atom. The molecule has 1 saturated heterocycles. The van der Waals surface area contributed by atoms with Crippen molar-refractivity contribution in [3.63, 3.8) is 0 Å². The summed E-state index contributed by atoms with van der Waals surface area (Å²) < 4.78 is 7.13. The lowest BCUT2D eigenvalue weighted by Gasteiger charge is -2.31. The van der Waals surface area contributed by atoms with Gasteiger partial charge in [-0.15, -0.1) is 5.10 Å². The molecule has 146 valence electrons. The van der Waals surface area contributed by atoms with Crippen LogP contribution in [0.2, 0.25) is 0 Å². The van der Waals surface area contributed by atoms with Gasteiger partial charge in [-0.25, -0.2) is 4.68 Å². The molecule has 1 N–H and O–H groups in total. The van der Waals surface area contributed by atoms with Crippen LogP contribution >= 0.6 is 0 Å². The second kappa shape index (κ2) is 8.79. The van der Waals surface area contributed by atoms with Gasteiger partial charge in [-0.05, 0) is 79.2 Å². The van der Waals surface area contributed by atoms with E-state index in [4.69, 9.17) is 4.42 Å². The van der Waals surface area contributed by atoms with Crippen LogP contribution in [0.3, 0.4) is 0 Å². The van der Waals surface area contributed by atoms with E-state index in [1.165, 1.54) is 0 Å². The number of anilines is 1. The van der Waals surface area contributed by atoms with E-state index in [0.29, 0.717) is 0 Å². The normalized spacial score (nSPS) is 17.5. The number of furan rings is 1. The van der Waals surface area contributed by atoms with Gasteiger partial charge in [-0.1, -0.05) is 0 Å². The minimum atomic E-state index is 0.0199. The first-order valence-electron chi connectivity index (χ1n) is 9.66. The van der Waals surface area contributed by atoms with Gasteiger partial charge in [-0.3, -0.25) is 4.79 Å². The zero-order chi connectivity index (χ0) is 19.2. The zero-order valence-electron chi connectivity index (χ0n) is 15.7. The summed E-state index contributed by atoms with van der Waals surface area (Å²) in [6, 6.07) is 11.5. The molecule has 3 heterocycles. The smallest absolute Gasteiger partial charge is 0.228 e. The summed E-state index contributed by atoms with van der Waals surface area (Å²) >= 11 is 0. The van der Waals surface area contributed by atoms with Crippen LogP contribution in [0.1, 0.15) is 19.3 Å². The Morgan fingerprint density at radius 1 is 1.21 bits per heavy atom. The molecule has 8 nitrogen and oxygen atoms in total. The van der Waals surface area contributed by atoms with Crippen LogP contribution in [0.15, 0.2) is 53.4 Å². The average Bonchev–Trinajstić information content (AvgIpc) is 3.43. The van der Waals surface area contributed by atoms with E-state index in [1.54, 1.807) is 17.3 Å². The molecule has 1 aliphatic rings. The number of aryl methyl sites for hydroxylation is 1. The molecule has 0 aliphatic carbocycles. The number of carbonyl (C=O) groups is 1. The van der Waals surface area contributed by atoms with Gasteiger partial charge in [0.25, 0.3) is 0 Å². The molecule has 4 rings (SSSR count). The number of likely N-dealkylation sites (tertiary alicyclic amines) is 1. The van der Waals surface area contributed by atoms with E-state index in [2.05, 4.69) is 25.7 Å². The van der Waals surface area contributed by atoms with Gasteiger partial charge in [-0.2, -0.15) is 0 Å². The Kier molecular flexibility index (Phi) is 5.77. The first-order valence-corrected chi connectivity index (χ1v) is 9.66. The van der Waals surface area contributed by atoms with Crippen LogP contribution < -0.4 is 5.32 Å². The van der Waals surface area contributed by atoms with Crippen LogP contribution in [0.5, 0.6) is 0 Å². The van der Waals surface area contributed by atoms with Crippen molar-refractivity contribution in [1.29, 1.82) is 0 Å². The fraction of sp³-hybridized carbons (Fsp3) is 0.400. The summed E-state index contributed by atoms with van der Waals surface area (Å²) in [5, 5.41) is 14.2. The number of aromatic nitrogens is 4. The van der Waals surface area contributed by atoms with Crippen molar-refractivity contribution in [2.75, 3.05) is 25.0 Å². The molecule has 1 amide bonds. The number of tetrazole rings is 1. The molecule has 0 saturated carbocycles.